The number of fused-ring (bicyclic) bond motifs is 1. The molecule has 0 bridgehead atoms. The van der Waals surface area contributed by atoms with Crippen LogP contribution in [0.2, 0.25) is 0 Å². The molecule has 1 atom stereocenters. The molecule has 0 spiro atoms. The van der Waals surface area contributed by atoms with E-state index in [2.05, 4.69) is 4.98 Å². The third kappa shape index (κ3) is 6.60. The number of rotatable bonds is 9. The molecule has 1 heterocycles. The Bertz CT molecular complexity index is 1780. The topological polar surface area (TPSA) is 96.1 Å². The van der Waals surface area contributed by atoms with Gasteiger partial charge in [0.25, 0.3) is 0 Å². The SMILES string of the molecule is CCS(=O)(=O)CCN(C(=O)Cc1ccc(F)c(C(F)(F)F)c1)[C@H](C)c1nc2cc(F)ccc2n1-c1ccc(C#N)cc1. The van der Waals surface area contributed by atoms with Crippen molar-refractivity contribution in [2.45, 2.75) is 32.5 Å². The zero-order chi connectivity index (χ0) is 30.8. The van der Waals surface area contributed by atoms with Gasteiger partial charge < -0.3 is 4.90 Å². The van der Waals surface area contributed by atoms with Crippen LogP contribution in [0.1, 0.15) is 42.4 Å². The minimum atomic E-state index is -4.98. The van der Waals surface area contributed by atoms with Crippen molar-refractivity contribution in [1.29, 1.82) is 5.26 Å². The molecule has 0 N–H and O–H groups in total. The first kappa shape index (κ1) is 30.6. The molecular weight excluding hydrogens is 579 g/mol. The fourth-order valence-corrected chi connectivity index (χ4v) is 5.30. The van der Waals surface area contributed by atoms with Crippen LogP contribution in [-0.2, 0) is 27.2 Å². The first-order valence-electron chi connectivity index (χ1n) is 12.8. The van der Waals surface area contributed by atoms with Gasteiger partial charge >= 0.3 is 6.18 Å². The lowest BCUT2D eigenvalue weighted by molar-refractivity contribution is -0.140. The Balaban J connectivity index is 1.80. The number of hydrogen-bond acceptors (Lipinski definition) is 5. The number of carbonyl (C=O) groups is 1. The fourth-order valence-electron chi connectivity index (χ4n) is 4.54. The highest BCUT2D eigenvalue weighted by molar-refractivity contribution is 7.91. The smallest absolute Gasteiger partial charge is 0.331 e. The highest BCUT2D eigenvalue weighted by Crippen LogP contribution is 2.33. The van der Waals surface area contributed by atoms with Crippen molar-refractivity contribution in [3.8, 4) is 11.8 Å². The zero-order valence-corrected chi connectivity index (χ0v) is 23.3. The molecule has 0 radical (unpaired) electrons. The number of alkyl halides is 3. The van der Waals surface area contributed by atoms with Crippen LogP contribution < -0.4 is 0 Å². The van der Waals surface area contributed by atoms with Gasteiger partial charge in [-0.05, 0) is 61.0 Å². The average molecular weight is 605 g/mol. The summed E-state index contributed by atoms with van der Waals surface area (Å²) >= 11 is 0. The third-order valence-electron chi connectivity index (χ3n) is 6.83. The average Bonchev–Trinajstić information content (AvgIpc) is 3.32. The Kier molecular flexibility index (Phi) is 8.68. The van der Waals surface area contributed by atoms with Crippen LogP contribution in [0.25, 0.3) is 16.7 Å². The summed E-state index contributed by atoms with van der Waals surface area (Å²) in [5, 5.41) is 9.19. The van der Waals surface area contributed by atoms with E-state index in [9.17, 15) is 40.4 Å². The van der Waals surface area contributed by atoms with Crippen LogP contribution in [0.5, 0.6) is 0 Å². The largest absolute Gasteiger partial charge is 0.419 e. The Morgan fingerprint density at radius 3 is 2.38 bits per heavy atom. The molecule has 1 aromatic heterocycles. The van der Waals surface area contributed by atoms with Crippen molar-refractivity contribution in [2.75, 3.05) is 18.1 Å². The highest BCUT2D eigenvalue weighted by Gasteiger charge is 2.35. The maximum absolute atomic E-state index is 14.1. The molecule has 0 unspecified atom stereocenters. The van der Waals surface area contributed by atoms with Gasteiger partial charge in [-0.2, -0.15) is 18.4 Å². The van der Waals surface area contributed by atoms with Gasteiger partial charge in [-0.15, -0.1) is 0 Å². The first-order chi connectivity index (χ1) is 19.7. The Morgan fingerprint density at radius 2 is 1.76 bits per heavy atom. The van der Waals surface area contributed by atoms with Crippen LogP contribution in [0, 0.1) is 23.0 Å². The van der Waals surface area contributed by atoms with E-state index in [-0.39, 0.29) is 29.2 Å². The molecular formula is C29H25F5N4O3S. The molecule has 4 rings (SSSR count). The van der Waals surface area contributed by atoms with E-state index >= 15 is 0 Å². The summed E-state index contributed by atoms with van der Waals surface area (Å²) in [6.07, 6.45) is -5.56. The number of carbonyl (C=O) groups excluding carboxylic acids is 1. The molecule has 0 aliphatic rings. The summed E-state index contributed by atoms with van der Waals surface area (Å²) in [5.74, 6) is -3.18. The predicted molar refractivity (Wildman–Crippen MR) is 145 cm³/mol. The van der Waals surface area contributed by atoms with Crippen molar-refractivity contribution in [3.05, 3.63) is 94.8 Å². The second kappa shape index (κ2) is 11.9. The van der Waals surface area contributed by atoms with E-state index in [1.165, 1.54) is 30.0 Å². The monoisotopic (exact) mass is 604 g/mol. The number of hydrogen-bond donors (Lipinski definition) is 0. The lowest BCUT2D eigenvalue weighted by atomic mass is 10.1. The predicted octanol–water partition coefficient (Wildman–Crippen LogP) is 5.76. The van der Waals surface area contributed by atoms with Gasteiger partial charge in [-0.25, -0.2) is 22.2 Å². The van der Waals surface area contributed by atoms with E-state index < -0.39 is 57.3 Å². The lowest BCUT2D eigenvalue weighted by Gasteiger charge is -2.30. The summed E-state index contributed by atoms with van der Waals surface area (Å²) in [7, 11) is -3.57. The maximum atomic E-state index is 14.1. The molecule has 0 saturated carbocycles. The summed E-state index contributed by atoms with van der Waals surface area (Å²) in [4.78, 5) is 19.3. The van der Waals surface area contributed by atoms with Crippen LogP contribution in [0.3, 0.4) is 0 Å². The molecule has 0 saturated heterocycles. The second-order valence-corrected chi connectivity index (χ2v) is 12.1. The van der Waals surface area contributed by atoms with Crippen molar-refractivity contribution < 1.29 is 35.2 Å². The quantitative estimate of drug-likeness (QED) is 0.227. The Labute approximate surface area is 238 Å². The van der Waals surface area contributed by atoms with E-state index in [1.807, 2.05) is 6.07 Å². The minimum Gasteiger partial charge on any atom is -0.331 e. The van der Waals surface area contributed by atoms with Crippen molar-refractivity contribution in [2.24, 2.45) is 0 Å². The zero-order valence-electron chi connectivity index (χ0n) is 22.5. The number of halogens is 5. The Morgan fingerprint density at radius 1 is 1.07 bits per heavy atom. The molecule has 0 aliphatic carbocycles. The fraction of sp³-hybridized carbons (Fsp3) is 0.276. The van der Waals surface area contributed by atoms with Gasteiger partial charge in [0.1, 0.15) is 17.5 Å². The van der Waals surface area contributed by atoms with E-state index in [0.717, 1.165) is 6.07 Å². The van der Waals surface area contributed by atoms with Gasteiger partial charge in [0, 0.05) is 24.1 Å². The van der Waals surface area contributed by atoms with Gasteiger partial charge in [0.15, 0.2) is 9.84 Å². The summed E-state index contributed by atoms with van der Waals surface area (Å²) < 4.78 is 94.2. The van der Waals surface area contributed by atoms with Crippen molar-refractivity contribution in [3.63, 3.8) is 0 Å². The van der Waals surface area contributed by atoms with Gasteiger partial charge in [0.05, 0.1) is 46.4 Å². The van der Waals surface area contributed by atoms with E-state index in [1.54, 1.807) is 35.8 Å². The van der Waals surface area contributed by atoms with Gasteiger partial charge in [-0.1, -0.05) is 13.0 Å². The Hall–Kier alpha value is -4.31. The van der Waals surface area contributed by atoms with Crippen molar-refractivity contribution in [1.82, 2.24) is 14.5 Å². The molecule has 3 aromatic carbocycles. The van der Waals surface area contributed by atoms with E-state index in [4.69, 9.17) is 0 Å². The second-order valence-electron chi connectivity index (χ2n) is 9.59. The minimum absolute atomic E-state index is 0.119. The number of amides is 1. The van der Waals surface area contributed by atoms with Gasteiger partial charge in [0.2, 0.25) is 5.91 Å². The summed E-state index contributed by atoms with van der Waals surface area (Å²) in [6, 6.07) is 13.6. The summed E-state index contributed by atoms with van der Waals surface area (Å²) in [5.41, 5.74) is -0.0413. The highest BCUT2D eigenvalue weighted by atomic mass is 32.2. The normalized spacial score (nSPS) is 12.7. The molecule has 0 fully saturated rings. The van der Waals surface area contributed by atoms with Gasteiger partial charge in [-0.3, -0.25) is 9.36 Å². The first-order valence-corrected chi connectivity index (χ1v) is 14.6. The molecule has 7 nitrogen and oxygen atoms in total. The van der Waals surface area contributed by atoms with Crippen LogP contribution in [-0.4, -0.2) is 46.8 Å². The standard InChI is InChI=1S/C29H25F5N4O3S/c1-3-42(40,41)13-12-37(27(39)15-20-6-10-24(31)23(14-20)29(32,33)34)18(2)28-36-25-16-21(30)7-11-26(25)38(28)22-8-4-19(17-35)5-9-22/h4-11,14,16,18H,3,12-13,15H2,1-2H3/t18-/m1/s1. The van der Waals surface area contributed by atoms with Crippen molar-refractivity contribution >= 4 is 26.8 Å². The number of aromatic nitrogens is 2. The van der Waals surface area contributed by atoms with Crippen LogP contribution >= 0.6 is 0 Å². The third-order valence-corrected chi connectivity index (χ3v) is 8.52. The molecule has 42 heavy (non-hydrogen) atoms. The molecule has 1 amide bonds. The number of imidazole rings is 1. The number of nitrogens with zero attached hydrogens (tertiary/aromatic N) is 4. The molecule has 4 aromatic rings. The molecule has 220 valence electrons. The van der Waals surface area contributed by atoms with E-state index in [0.29, 0.717) is 28.9 Å². The van der Waals surface area contributed by atoms with Crippen LogP contribution in [0.4, 0.5) is 22.0 Å². The number of nitriles is 1. The molecule has 13 heteroatoms. The molecule has 0 aliphatic heterocycles. The van der Waals surface area contributed by atoms with Crippen LogP contribution in [0.15, 0.2) is 60.7 Å². The number of benzene rings is 3. The number of sulfone groups is 1. The maximum Gasteiger partial charge on any atom is 0.419 e. The lowest BCUT2D eigenvalue weighted by Crippen LogP contribution is -2.39. The summed E-state index contributed by atoms with van der Waals surface area (Å²) in [6.45, 7) is 2.70.